The summed E-state index contributed by atoms with van der Waals surface area (Å²) in [6.45, 7) is 14.9. The number of hydrogen-bond acceptors (Lipinski definition) is 7. The zero-order valence-corrected chi connectivity index (χ0v) is 25.5. The maximum Gasteiger partial charge on any atom is 0.417 e. The second kappa shape index (κ2) is 10.2. The molecule has 0 spiro atoms. The molecule has 0 saturated carbocycles. The first-order valence-corrected chi connectivity index (χ1v) is 16.3. The van der Waals surface area contributed by atoms with E-state index in [1.807, 2.05) is 0 Å². The Morgan fingerprint density at radius 1 is 1.12 bits per heavy atom. The molecule has 2 heterocycles. The lowest BCUT2D eigenvalue weighted by Gasteiger charge is -2.38. The van der Waals surface area contributed by atoms with E-state index in [0.29, 0.717) is 23.8 Å². The molecule has 2 unspecified atom stereocenters. The molecule has 1 fully saturated rings. The van der Waals surface area contributed by atoms with Gasteiger partial charge in [0.1, 0.15) is 12.1 Å². The van der Waals surface area contributed by atoms with E-state index in [1.54, 1.807) is 43.0 Å². The second-order valence-electron chi connectivity index (χ2n) is 12.0. The normalized spacial score (nSPS) is 21.0. The summed E-state index contributed by atoms with van der Waals surface area (Å²) in [5, 5.41) is 9.21. The predicted octanol–water partition coefficient (Wildman–Crippen LogP) is 6.58. The lowest BCUT2D eigenvalue weighted by Crippen LogP contribution is -2.45. The molecule has 7 nitrogen and oxygen atoms in total. The van der Waals surface area contributed by atoms with Crippen molar-refractivity contribution in [2.45, 2.75) is 76.1 Å². The number of halogens is 3. The van der Waals surface area contributed by atoms with Gasteiger partial charge in [0.25, 0.3) is 5.91 Å². The van der Waals surface area contributed by atoms with Crippen LogP contribution in [0.5, 0.6) is 11.5 Å². The minimum absolute atomic E-state index is 0.00554. The van der Waals surface area contributed by atoms with Crippen LogP contribution in [-0.2, 0) is 15.4 Å². The topological polar surface area (TPSA) is 75.0 Å². The first-order valence-electron chi connectivity index (χ1n) is 12.9. The highest BCUT2D eigenvalue weighted by Crippen LogP contribution is 2.45. The lowest BCUT2D eigenvalue weighted by molar-refractivity contribution is -0.137. The van der Waals surface area contributed by atoms with Crippen LogP contribution in [0.25, 0.3) is 0 Å². The van der Waals surface area contributed by atoms with Crippen molar-refractivity contribution in [1.82, 2.24) is 0 Å². The Morgan fingerprint density at radius 2 is 1.77 bits per heavy atom. The van der Waals surface area contributed by atoms with E-state index in [1.165, 1.54) is 11.0 Å². The van der Waals surface area contributed by atoms with Gasteiger partial charge in [-0.1, -0.05) is 20.8 Å². The van der Waals surface area contributed by atoms with Crippen LogP contribution in [0.1, 0.15) is 45.7 Å². The van der Waals surface area contributed by atoms with Crippen LogP contribution >= 0.6 is 12.6 Å². The molecule has 4 rings (SSSR count). The number of thiol groups is 1. The van der Waals surface area contributed by atoms with Gasteiger partial charge in [-0.25, -0.2) is 0 Å². The molecule has 0 bridgehead atoms. The number of hydrogen-bond donors (Lipinski definition) is 1. The molecule has 0 radical (unpaired) electrons. The Kier molecular flexibility index (Phi) is 7.66. The summed E-state index contributed by atoms with van der Waals surface area (Å²) in [4.78, 5) is 16.4. The number of carbonyl (C=O) groups is 1. The monoisotopic (exact) mass is 593 g/mol. The smallest absolute Gasteiger partial charge is 0.417 e. The molecular formula is C28H34F3N3O4SSi. The highest BCUT2D eigenvalue weighted by Gasteiger charge is 2.52. The van der Waals surface area contributed by atoms with Gasteiger partial charge >= 0.3 is 6.18 Å². The van der Waals surface area contributed by atoms with Gasteiger partial charge < -0.3 is 18.8 Å². The Morgan fingerprint density at radius 3 is 2.38 bits per heavy atom. The number of carbonyl (C=O) groups excluding carboxylic acids is 1. The lowest BCUT2D eigenvalue weighted by atomic mass is 10.0. The van der Waals surface area contributed by atoms with E-state index in [-0.39, 0.29) is 23.4 Å². The van der Waals surface area contributed by atoms with Gasteiger partial charge in [0.05, 0.1) is 23.8 Å². The number of benzene rings is 2. The molecule has 2 aromatic carbocycles. The second-order valence-corrected chi connectivity index (χ2v) is 17.3. The Balaban J connectivity index is 1.58. The van der Waals surface area contributed by atoms with E-state index in [4.69, 9.17) is 19.2 Å². The van der Waals surface area contributed by atoms with Gasteiger partial charge in [-0.15, -0.1) is 12.6 Å². The van der Waals surface area contributed by atoms with Crippen LogP contribution < -0.4 is 19.3 Å². The summed E-state index contributed by atoms with van der Waals surface area (Å²) >= 11 is 4.65. The van der Waals surface area contributed by atoms with Crippen molar-refractivity contribution in [3.05, 3.63) is 47.5 Å². The maximum absolute atomic E-state index is 13.6. The van der Waals surface area contributed by atoms with Crippen LogP contribution in [0.2, 0.25) is 18.1 Å². The van der Waals surface area contributed by atoms with E-state index >= 15 is 0 Å². The molecule has 2 aromatic rings. The van der Waals surface area contributed by atoms with Crippen LogP contribution in [-0.4, -0.2) is 44.6 Å². The van der Waals surface area contributed by atoms with Crippen molar-refractivity contribution >= 4 is 38.2 Å². The number of alkyl halides is 3. The first-order chi connectivity index (χ1) is 18.4. The molecule has 2 aliphatic heterocycles. The quantitative estimate of drug-likeness (QED) is 0.312. The summed E-state index contributed by atoms with van der Waals surface area (Å²) in [5.41, 5.74) is -3.12. The summed E-state index contributed by atoms with van der Waals surface area (Å²) in [6, 6.07) is 10.0. The van der Waals surface area contributed by atoms with Crippen LogP contribution in [0.4, 0.5) is 24.5 Å². The highest BCUT2D eigenvalue weighted by molar-refractivity contribution is 7.81. The first kappa shape index (κ1) is 30.1. The van der Waals surface area contributed by atoms with Crippen molar-refractivity contribution in [1.29, 1.82) is 5.26 Å². The SMILES string of the molecule is CC1(C)C(=O)N(c2ccc(C#N)c(C(F)(F)F)c2)C(S)N1c1ccc2c(c1)OCC(CO[Si](C)(C)C(C)(C)C)O2. The van der Waals surface area contributed by atoms with Gasteiger partial charge in [-0.05, 0) is 62.3 Å². The molecule has 1 saturated heterocycles. The van der Waals surface area contributed by atoms with Gasteiger partial charge in [-0.2, -0.15) is 18.4 Å². The zero-order chi connectivity index (χ0) is 29.8. The molecule has 216 valence electrons. The number of nitrogens with zero attached hydrogens (tertiary/aromatic N) is 3. The largest absolute Gasteiger partial charge is 0.486 e. The van der Waals surface area contributed by atoms with Crippen molar-refractivity contribution in [2.24, 2.45) is 0 Å². The van der Waals surface area contributed by atoms with Gasteiger partial charge in [0.2, 0.25) is 0 Å². The highest BCUT2D eigenvalue weighted by atomic mass is 32.1. The van der Waals surface area contributed by atoms with Crippen LogP contribution in [0.3, 0.4) is 0 Å². The van der Waals surface area contributed by atoms with Crippen molar-refractivity contribution < 1.29 is 31.9 Å². The number of amides is 1. The fourth-order valence-corrected chi connectivity index (χ4v) is 6.18. The summed E-state index contributed by atoms with van der Waals surface area (Å²) < 4.78 is 59.3. The Bertz CT molecular complexity index is 1350. The fourth-order valence-electron chi connectivity index (χ4n) is 4.48. The van der Waals surface area contributed by atoms with Crippen molar-refractivity contribution in [2.75, 3.05) is 23.0 Å². The van der Waals surface area contributed by atoms with Crippen molar-refractivity contribution in [3.8, 4) is 17.6 Å². The predicted molar refractivity (Wildman–Crippen MR) is 152 cm³/mol. The number of anilines is 2. The van der Waals surface area contributed by atoms with E-state index < -0.39 is 42.6 Å². The number of rotatable bonds is 5. The van der Waals surface area contributed by atoms with Gasteiger partial charge in [0.15, 0.2) is 31.4 Å². The third-order valence-corrected chi connectivity index (χ3v) is 12.8. The third kappa shape index (κ3) is 5.39. The number of ether oxygens (including phenoxy) is 2. The number of fused-ring (bicyclic) bond motifs is 1. The van der Waals surface area contributed by atoms with Crippen molar-refractivity contribution in [3.63, 3.8) is 0 Å². The van der Waals surface area contributed by atoms with E-state index in [9.17, 15) is 18.0 Å². The molecule has 40 heavy (non-hydrogen) atoms. The average Bonchev–Trinajstić information content (AvgIpc) is 3.04. The fraction of sp³-hybridized carbons (Fsp3) is 0.500. The molecule has 0 N–H and O–H groups in total. The molecule has 1 amide bonds. The average molecular weight is 594 g/mol. The van der Waals surface area contributed by atoms with E-state index in [0.717, 1.165) is 12.1 Å². The van der Waals surface area contributed by atoms with Crippen LogP contribution in [0.15, 0.2) is 36.4 Å². The van der Waals surface area contributed by atoms with Crippen LogP contribution in [0, 0.1) is 11.3 Å². The Hall–Kier alpha value is -2.88. The Labute approximate surface area is 239 Å². The number of nitriles is 1. The standard InChI is InChI=1S/C28H34F3N3O4SSi/c1-26(2,3)40(6,7)37-16-20-15-36-23-13-19(10-11-22(23)38-20)34-25(39)33(24(35)27(34,4)5)18-9-8-17(14-32)21(12-18)28(29,30)31/h8-13,20,25,39H,15-16H2,1-7H3. The molecule has 0 aliphatic carbocycles. The summed E-state index contributed by atoms with van der Waals surface area (Å²) in [7, 11) is -1.96. The molecule has 12 heteroatoms. The van der Waals surface area contributed by atoms with Gasteiger partial charge in [0, 0.05) is 17.4 Å². The summed E-state index contributed by atoms with van der Waals surface area (Å²) in [5.74, 6) is 0.584. The molecule has 2 aliphatic rings. The zero-order valence-electron chi connectivity index (χ0n) is 23.6. The minimum atomic E-state index is -4.76. The van der Waals surface area contributed by atoms with E-state index in [2.05, 4.69) is 46.5 Å². The molecule has 0 aromatic heterocycles. The van der Waals surface area contributed by atoms with Gasteiger partial charge in [-0.3, -0.25) is 9.69 Å². The minimum Gasteiger partial charge on any atom is -0.486 e. The summed E-state index contributed by atoms with van der Waals surface area (Å²) in [6.07, 6.45) is -5.03. The molecule has 2 atom stereocenters. The molecular weight excluding hydrogens is 559 g/mol. The maximum atomic E-state index is 13.6. The third-order valence-electron chi connectivity index (χ3n) is 7.87.